The van der Waals surface area contributed by atoms with E-state index in [0.29, 0.717) is 43.6 Å². The quantitative estimate of drug-likeness (QED) is 0.283. The highest BCUT2D eigenvalue weighted by atomic mass is 32.2. The van der Waals surface area contributed by atoms with Crippen LogP contribution in [0.1, 0.15) is 50.3 Å². The van der Waals surface area contributed by atoms with Crippen molar-refractivity contribution in [2.45, 2.75) is 44.4 Å². The first-order chi connectivity index (χ1) is 17.7. The lowest BCUT2D eigenvalue weighted by Gasteiger charge is -2.35. The molecule has 2 N–H and O–H groups in total. The molecule has 198 valence electrons. The van der Waals surface area contributed by atoms with Crippen molar-refractivity contribution in [1.29, 1.82) is 0 Å². The molecule has 4 rings (SSSR count). The van der Waals surface area contributed by atoms with Crippen LogP contribution in [0.4, 0.5) is 15.8 Å². The van der Waals surface area contributed by atoms with Crippen LogP contribution in [-0.4, -0.2) is 58.1 Å². The van der Waals surface area contributed by atoms with Crippen LogP contribution in [0, 0.1) is 5.95 Å². The summed E-state index contributed by atoms with van der Waals surface area (Å²) in [5.41, 5.74) is 2.61. The zero-order chi connectivity index (χ0) is 26.4. The standard InChI is InChI=1S/C25H31FN6O4S/c1-31-17-28-29-25(31)18-11-13-32(14-12-18)24-20(19-9-10-22(26)27-16-19)6-5-7-21(24)30-37(35,36)15-4-2-3-8-23(33)34/h5-7,9-10,16-18,30H,2-4,8,11-15H2,1H3,(H,33,34). The van der Waals surface area contributed by atoms with Gasteiger partial charge in [0.25, 0.3) is 0 Å². The number of para-hydroxylation sites is 1. The Balaban J connectivity index is 1.57. The summed E-state index contributed by atoms with van der Waals surface area (Å²) in [5.74, 6) is -0.410. The second kappa shape index (κ2) is 11.7. The van der Waals surface area contributed by atoms with Gasteiger partial charge in [0.05, 0.1) is 17.1 Å². The van der Waals surface area contributed by atoms with E-state index in [1.165, 1.54) is 12.3 Å². The third-order valence-electron chi connectivity index (χ3n) is 6.57. The Hall–Kier alpha value is -3.54. The molecule has 1 fully saturated rings. The van der Waals surface area contributed by atoms with Crippen LogP contribution in [0.5, 0.6) is 0 Å². The van der Waals surface area contributed by atoms with Gasteiger partial charge in [-0.05, 0) is 43.9 Å². The zero-order valence-electron chi connectivity index (χ0n) is 20.7. The van der Waals surface area contributed by atoms with E-state index in [9.17, 15) is 17.6 Å². The van der Waals surface area contributed by atoms with Gasteiger partial charge in [-0.3, -0.25) is 9.52 Å². The summed E-state index contributed by atoms with van der Waals surface area (Å²) in [5, 5.41) is 17.0. The Morgan fingerprint density at radius 2 is 1.95 bits per heavy atom. The molecule has 3 aromatic rings. The molecule has 2 aromatic heterocycles. The molecule has 0 spiro atoms. The van der Waals surface area contributed by atoms with Gasteiger partial charge in [-0.2, -0.15) is 4.39 Å². The van der Waals surface area contributed by atoms with E-state index in [-0.39, 0.29) is 18.1 Å². The number of hydrogen-bond acceptors (Lipinski definition) is 7. The summed E-state index contributed by atoms with van der Waals surface area (Å²) in [6.45, 7) is 1.35. The minimum absolute atomic E-state index is 0.0235. The molecule has 0 unspecified atom stereocenters. The maximum Gasteiger partial charge on any atom is 0.303 e. The molecule has 37 heavy (non-hydrogen) atoms. The number of halogens is 1. The number of nitrogens with one attached hydrogen (secondary N) is 1. The van der Waals surface area contributed by atoms with Crippen molar-refractivity contribution in [3.05, 3.63) is 54.6 Å². The van der Waals surface area contributed by atoms with Gasteiger partial charge in [0, 0.05) is 49.8 Å². The van der Waals surface area contributed by atoms with E-state index in [0.717, 1.165) is 29.9 Å². The van der Waals surface area contributed by atoms with Crippen molar-refractivity contribution in [1.82, 2.24) is 19.7 Å². The molecule has 10 nitrogen and oxygen atoms in total. The fraction of sp³-hybridized carbons (Fsp3) is 0.440. The van der Waals surface area contributed by atoms with Gasteiger partial charge in [-0.1, -0.05) is 18.6 Å². The fourth-order valence-electron chi connectivity index (χ4n) is 4.72. The van der Waals surface area contributed by atoms with Gasteiger partial charge in [0.1, 0.15) is 12.2 Å². The number of nitrogens with zero attached hydrogens (tertiary/aromatic N) is 5. The van der Waals surface area contributed by atoms with Crippen LogP contribution < -0.4 is 9.62 Å². The lowest BCUT2D eigenvalue weighted by Crippen LogP contribution is -2.34. The number of rotatable bonds is 11. The number of aryl methyl sites for hydroxylation is 1. The van der Waals surface area contributed by atoms with E-state index in [1.807, 2.05) is 17.7 Å². The van der Waals surface area contributed by atoms with Gasteiger partial charge >= 0.3 is 5.97 Å². The number of pyridine rings is 1. The first-order valence-electron chi connectivity index (χ1n) is 12.3. The normalized spacial score (nSPS) is 14.6. The van der Waals surface area contributed by atoms with Crippen LogP contribution in [0.3, 0.4) is 0 Å². The predicted octanol–water partition coefficient (Wildman–Crippen LogP) is 3.79. The summed E-state index contributed by atoms with van der Waals surface area (Å²) in [7, 11) is -1.75. The number of hydrogen-bond donors (Lipinski definition) is 2. The topological polar surface area (TPSA) is 130 Å². The molecule has 0 radical (unpaired) electrons. The Kier molecular flexibility index (Phi) is 8.37. The highest BCUT2D eigenvalue weighted by molar-refractivity contribution is 7.92. The lowest BCUT2D eigenvalue weighted by atomic mass is 9.94. The summed E-state index contributed by atoms with van der Waals surface area (Å²) in [6.07, 6.45) is 6.10. The lowest BCUT2D eigenvalue weighted by molar-refractivity contribution is -0.137. The molecular formula is C25H31FN6O4S. The van der Waals surface area contributed by atoms with E-state index < -0.39 is 21.9 Å². The fourth-order valence-corrected chi connectivity index (χ4v) is 5.91. The molecular weight excluding hydrogens is 499 g/mol. The van der Waals surface area contributed by atoms with Crippen molar-refractivity contribution in [3.63, 3.8) is 0 Å². The Labute approximate surface area is 215 Å². The number of sulfonamides is 1. The van der Waals surface area contributed by atoms with Crippen LogP contribution >= 0.6 is 0 Å². The van der Waals surface area contributed by atoms with E-state index in [2.05, 4.69) is 24.8 Å². The highest BCUT2D eigenvalue weighted by Gasteiger charge is 2.28. The van der Waals surface area contributed by atoms with E-state index in [1.54, 1.807) is 24.5 Å². The van der Waals surface area contributed by atoms with E-state index in [4.69, 9.17) is 5.11 Å². The van der Waals surface area contributed by atoms with Gasteiger partial charge in [-0.15, -0.1) is 10.2 Å². The van der Waals surface area contributed by atoms with Gasteiger partial charge < -0.3 is 14.6 Å². The maximum absolute atomic E-state index is 13.5. The van der Waals surface area contributed by atoms with E-state index >= 15 is 0 Å². The second-order valence-corrected chi connectivity index (χ2v) is 11.1. The van der Waals surface area contributed by atoms with Crippen molar-refractivity contribution >= 4 is 27.4 Å². The Morgan fingerprint density at radius 1 is 1.16 bits per heavy atom. The van der Waals surface area contributed by atoms with Crippen molar-refractivity contribution in [2.24, 2.45) is 7.05 Å². The summed E-state index contributed by atoms with van der Waals surface area (Å²) in [6, 6.07) is 8.29. The molecule has 0 atom stereocenters. The van der Waals surface area contributed by atoms with Gasteiger partial charge in [-0.25, -0.2) is 13.4 Å². The Morgan fingerprint density at radius 3 is 2.59 bits per heavy atom. The zero-order valence-corrected chi connectivity index (χ0v) is 21.5. The molecule has 1 saturated heterocycles. The molecule has 1 aliphatic heterocycles. The van der Waals surface area contributed by atoms with Crippen LogP contribution in [0.15, 0.2) is 42.9 Å². The predicted molar refractivity (Wildman–Crippen MR) is 138 cm³/mol. The molecule has 0 aliphatic carbocycles. The summed E-state index contributed by atoms with van der Waals surface area (Å²) >= 11 is 0. The molecule has 0 bridgehead atoms. The van der Waals surface area contributed by atoms with Gasteiger partial charge in [0.2, 0.25) is 16.0 Å². The minimum atomic E-state index is -3.68. The number of aliphatic carboxylic acids is 1. The molecule has 1 aromatic carbocycles. The molecule has 1 aliphatic rings. The average Bonchev–Trinajstić information content (AvgIpc) is 3.29. The number of piperidine rings is 1. The SMILES string of the molecule is Cn1cnnc1C1CCN(c2c(NS(=O)(=O)CCCCCC(=O)O)cccc2-c2ccc(F)nc2)CC1. The van der Waals surface area contributed by atoms with Crippen LogP contribution in [-0.2, 0) is 21.9 Å². The molecule has 0 saturated carbocycles. The van der Waals surface area contributed by atoms with Crippen molar-refractivity contribution < 1.29 is 22.7 Å². The number of unbranched alkanes of at least 4 members (excludes halogenated alkanes) is 2. The summed E-state index contributed by atoms with van der Waals surface area (Å²) < 4.78 is 44.1. The average molecular weight is 531 g/mol. The number of carboxylic acid groups (broad SMARTS) is 1. The third kappa shape index (κ3) is 6.82. The largest absolute Gasteiger partial charge is 0.481 e. The maximum atomic E-state index is 13.5. The first-order valence-corrected chi connectivity index (χ1v) is 13.9. The summed E-state index contributed by atoms with van der Waals surface area (Å²) in [4.78, 5) is 16.6. The minimum Gasteiger partial charge on any atom is -0.481 e. The first kappa shape index (κ1) is 26.5. The second-order valence-electron chi connectivity index (χ2n) is 9.26. The molecule has 3 heterocycles. The van der Waals surface area contributed by atoms with Crippen molar-refractivity contribution in [3.8, 4) is 11.1 Å². The van der Waals surface area contributed by atoms with Crippen LogP contribution in [0.25, 0.3) is 11.1 Å². The van der Waals surface area contributed by atoms with Crippen LogP contribution in [0.2, 0.25) is 0 Å². The highest BCUT2D eigenvalue weighted by Crippen LogP contribution is 2.40. The monoisotopic (exact) mass is 530 g/mol. The number of carbonyl (C=O) groups is 1. The third-order valence-corrected chi connectivity index (χ3v) is 7.92. The van der Waals surface area contributed by atoms with Crippen molar-refractivity contribution in [2.75, 3.05) is 28.5 Å². The molecule has 12 heteroatoms. The number of aromatic nitrogens is 4. The number of anilines is 2. The Bertz CT molecular complexity index is 1320. The molecule has 0 amide bonds. The smallest absolute Gasteiger partial charge is 0.303 e. The van der Waals surface area contributed by atoms with Gasteiger partial charge in [0.15, 0.2) is 0 Å². The number of benzene rings is 1. The number of carboxylic acids is 1.